The molecule has 0 spiro atoms. The van der Waals surface area contributed by atoms with Crippen molar-refractivity contribution in [3.63, 3.8) is 0 Å². The smallest absolute Gasteiger partial charge is 0.203 e. The lowest BCUT2D eigenvalue weighted by atomic mass is 10.3. The molecule has 0 aliphatic rings. The first-order chi connectivity index (χ1) is 7.66. The second kappa shape index (κ2) is 4.67. The molecule has 84 valence electrons. The maximum absolute atomic E-state index is 11.8. The van der Waals surface area contributed by atoms with E-state index in [1.54, 1.807) is 10.6 Å². The summed E-state index contributed by atoms with van der Waals surface area (Å²) in [6.07, 6.45) is 1.85. The molecule has 2 N–H and O–H groups in total. The normalized spacial score (nSPS) is 10.6. The molecule has 0 saturated heterocycles. The van der Waals surface area contributed by atoms with Gasteiger partial charge in [0, 0.05) is 13.2 Å². The van der Waals surface area contributed by atoms with Gasteiger partial charge in [0.2, 0.25) is 5.13 Å². The Balaban J connectivity index is 1.96. The van der Waals surface area contributed by atoms with Gasteiger partial charge in [-0.2, -0.15) is 0 Å². The first-order valence-electron chi connectivity index (χ1n) is 4.53. The van der Waals surface area contributed by atoms with E-state index in [9.17, 15) is 4.79 Å². The first kappa shape index (κ1) is 11.2. The summed E-state index contributed by atoms with van der Waals surface area (Å²) < 4.78 is 2.53. The molecule has 0 amide bonds. The summed E-state index contributed by atoms with van der Waals surface area (Å²) in [6.45, 7) is 0. The van der Waals surface area contributed by atoms with Crippen LogP contribution in [0.1, 0.15) is 10.5 Å². The van der Waals surface area contributed by atoms with Gasteiger partial charge in [0.25, 0.3) is 0 Å². The van der Waals surface area contributed by atoms with Gasteiger partial charge in [0.1, 0.15) is 0 Å². The van der Waals surface area contributed by atoms with Crippen molar-refractivity contribution in [1.82, 2.24) is 14.8 Å². The minimum absolute atomic E-state index is 0.0753. The van der Waals surface area contributed by atoms with Crippen LogP contribution in [0.3, 0.4) is 0 Å². The van der Waals surface area contributed by atoms with Gasteiger partial charge in [0.15, 0.2) is 10.1 Å². The average Bonchev–Trinajstić information content (AvgIpc) is 2.84. The summed E-state index contributed by atoms with van der Waals surface area (Å²) in [5.74, 6) is 0.429. The predicted octanol–water partition coefficient (Wildman–Crippen LogP) is 1.43. The van der Waals surface area contributed by atoms with Crippen molar-refractivity contribution in [2.75, 3.05) is 11.5 Å². The molecule has 7 heteroatoms. The van der Waals surface area contributed by atoms with Gasteiger partial charge in [-0.25, -0.2) is 0 Å². The molecule has 5 nitrogen and oxygen atoms in total. The Kier molecular flexibility index (Phi) is 3.25. The number of nitrogen functional groups attached to an aromatic ring is 1. The topological polar surface area (TPSA) is 73.8 Å². The number of carbonyl (C=O) groups is 1. The molecule has 2 heterocycles. The molecule has 16 heavy (non-hydrogen) atoms. The predicted molar refractivity (Wildman–Crippen MR) is 64.8 cm³/mol. The summed E-state index contributed by atoms with van der Waals surface area (Å²) in [7, 11) is 1.85. The van der Waals surface area contributed by atoms with Crippen LogP contribution in [0.5, 0.6) is 0 Å². The number of ketones is 1. The highest BCUT2D eigenvalue weighted by Crippen LogP contribution is 2.24. The molecule has 2 aromatic rings. The maximum atomic E-state index is 11.8. The highest BCUT2D eigenvalue weighted by molar-refractivity contribution is 8.01. The monoisotopic (exact) mass is 254 g/mol. The second-order valence-corrected chi connectivity index (χ2v) is 5.35. The van der Waals surface area contributed by atoms with Gasteiger partial charge >= 0.3 is 0 Å². The quantitative estimate of drug-likeness (QED) is 0.660. The van der Waals surface area contributed by atoms with E-state index in [0.29, 0.717) is 16.6 Å². The molecular weight excluding hydrogens is 244 g/mol. The molecule has 0 aliphatic carbocycles. The number of nitrogens with zero attached hydrogens (tertiary/aromatic N) is 3. The van der Waals surface area contributed by atoms with E-state index in [1.807, 2.05) is 19.3 Å². The van der Waals surface area contributed by atoms with Crippen LogP contribution >= 0.6 is 23.1 Å². The Morgan fingerprint density at radius 1 is 1.62 bits per heavy atom. The van der Waals surface area contributed by atoms with E-state index in [-0.39, 0.29) is 5.78 Å². The molecular formula is C9H10N4OS2. The summed E-state index contributed by atoms with van der Waals surface area (Å²) in [4.78, 5) is 11.8. The number of anilines is 1. The lowest BCUT2D eigenvalue weighted by molar-refractivity contribution is 0.101. The third kappa shape index (κ3) is 2.42. The fourth-order valence-corrected chi connectivity index (χ4v) is 2.74. The molecule has 0 aromatic carbocycles. The van der Waals surface area contributed by atoms with Crippen LogP contribution in [0.4, 0.5) is 5.13 Å². The molecule has 0 saturated carbocycles. The van der Waals surface area contributed by atoms with Crippen LogP contribution in [0.25, 0.3) is 0 Å². The van der Waals surface area contributed by atoms with Crippen LogP contribution in [-0.4, -0.2) is 26.3 Å². The lowest BCUT2D eigenvalue weighted by Gasteiger charge is -2.00. The maximum Gasteiger partial charge on any atom is 0.203 e. The van der Waals surface area contributed by atoms with E-state index in [0.717, 1.165) is 4.34 Å². The van der Waals surface area contributed by atoms with E-state index in [2.05, 4.69) is 10.2 Å². The van der Waals surface area contributed by atoms with Gasteiger partial charge in [-0.15, -0.1) is 10.2 Å². The largest absolute Gasteiger partial charge is 0.374 e. The van der Waals surface area contributed by atoms with E-state index in [1.165, 1.54) is 23.1 Å². The molecule has 2 aromatic heterocycles. The van der Waals surface area contributed by atoms with Crippen LogP contribution in [0, 0.1) is 0 Å². The molecule has 0 radical (unpaired) electrons. The van der Waals surface area contributed by atoms with Gasteiger partial charge in [-0.1, -0.05) is 23.1 Å². The number of nitrogens with two attached hydrogens (primary N) is 1. The fourth-order valence-electron chi connectivity index (χ4n) is 1.23. The van der Waals surface area contributed by atoms with Crippen molar-refractivity contribution < 1.29 is 4.79 Å². The van der Waals surface area contributed by atoms with Crippen molar-refractivity contribution in [2.45, 2.75) is 4.34 Å². The van der Waals surface area contributed by atoms with E-state index in [4.69, 9.17) is 5.73 Å². The number of hydrogen-bond donors (Lipinski definition) is 1. The van der Waals surface area contributed by atoms with Gasteiger partial charge in [-0.3, -0.25) is 4.79 Å². The minimum Gasteiger partial charge on any atom is -0.374 e. The minimum atomic E-state index is 0.0753. The number of Topliss-reactive ketones (excluding diaryl/α,β-unsaturated/α-hetero) is 1. The molecule has 0 fully saturated rings. The van der Waals surface area contributed by atoms with Gasteiger partial charge in [0.05, 0.1) is 11.4 Å². The zero-order chi connectivity index (χ0) is 11.5. The van der Waals surface area contributed by atoms with Gasteiger partial charge in [-0.05, 0) is 12.1 Å². The molecule has 2 rings (SSSR count). The molecule has 0 bridgehead atoms. The molecule has 0 aliphatic heterocycles. The zero-order valence-electron chi connectivity index (χ0n) is 8.58. The summed E-state index contributed by atoms with van der Waals surface area (Å²) in [6, 6.07) is 3.65. The summed E-state index contributed by atoms with van der Waals surface area (Å²) in [5, 5.41) is 7.95. The molecule has 0 unspecified atom stereocenters. The number of hydrogen-bond acceptors (Lipinski definition) is 6. The SMILES string of the molecule is Cn1cccc1C(=O)CSc1nnc(N)s1. The fraction of sp³-hybridized carbons (Fsp3) is 0.222. The van der Waals surface area contributed by atoms with Crippen molar-refractivity contribution in [2.24, 2.45) is 7.05 Å². The molecule has 0 atom stereocenters. The average molecular weight is 254 g/mol. The zero-order valence-corrected chi connectivity index (χ0v) is 10.2. The highest BCUT2D eigenvalue weighted by atomic mass is 32.2. The Morgan fingerprint density at radius 2 is 2.44 bits per heavy atom. The number of aromatic nitrogens is 3. The third-order valence-corrected chi connectivity index (χ3v) is 3.86. The van der Waals surface area contributed by atoms with Crippen LogP contribution in [-0.2, 0) is 7.05 Å². The van der Waals surface area contributed by atoms with Crippen molar-refractivity contribution in [3.05, 3.63) is 24.0 Å². The second-order valence-electron chi connectivity index (χ2n) is 3.12. The summed E-state index contributed by atoms with van der Waals surface area (Å²) in [5.41, 5.74) is 6.15. The van der Waals surface area contributed by atoms with Crippen molar-refractivity contribution >= 4 is 34.0 Å². The van der Waals surface area contributed by atoms with Crippen molar-refractivity contribution in [1.29, 1.82) is 0 Å². The number of thioether (sulfide) groups is 1. The number of carbonyl (C=O) groups excluding carboxylic acids is 1. The van der Waals surface area contributed by atoms with E-state index >= 15 is 0 Å². The Morgan fingerprint density at radius 3 is 3.00 bits per heavy atom. The highest BCUT2D eigenvalue weighted by Gasteiger charge is 2.11. The third-order valence-electron chi connectivity index (χ3n) is 1.98. The van der Waals surface area contributed by atoms with Crippen LogP contribution in [0.15, 0.2) is 22.7 Å². The number of rotatable bonds is 4. The lowest BCUT2D eigenvalue weighted by Crippen LogP contribution is -2.07. The Bertz CT molecular complexity index is 505. The van der Waals surface area contributed by atoms with Gasteiger partial charge < -0.3 is 10.3 Å². The Hall–Kier alpha value is -1.34. The standard InChI is InChI=1S/C9H10N4OS2/c1-13-4-2-3-6(13)7(14)5-15-9-12-11-8(10)16-9/h2-4H,5H2,1H3,(H2,10,11). The summed E-state index contributed by atoms with van der Waals surface area (Å²) >= 11 is 2.65. The van der Waals surface area contributed by atoms with Crippen LogP contribution < -0.4 is 5.73 Å². The van der Waals surface area contributed by atoms with E-state index < -0.39 is 0 Å². The van der Waals surface area contributed by atoms with Crippen LogP contribution in [0.2, 0.25) is 0 Å². The van der Waals surface area contributed by atoms with Crippen molar-refractivity contribution in [3.8, 4) is 0 Å². The first-order valence-corrected chi connectivity index (χ1v) is 6.33. The Labute approximate surface area is 101 Å². The number of aryl methyl sites for hydroxylation is 1.